The normalized spacial score (nSPS) is 11.8. The number of hydrogen-bond donors (Lipinski definition) is 0. The molecule has 0 aliphatic rings. The van der Waals surface area contributed by atoms with Crippen molar-refractivity contribution in [3.63, 3.8) is 0 Å². The molecule has 0 amide bonds. The van der Waals surface area contributed by atoms with E-state index in [1.165, 1.54) is 25.5 Å². The molecular weight excluding hydrogens is 658 g/mol. The molecule has 0 aliphatic heterocycles. The maximum absolute atomic E-state index is 13.6. The van der Waals surface area contributed by atoms with E-state index in [2.05, 4.69) is 26.0 Å². The van der Waals surface area contributed by atoms with E-state index in [1.807, 2.05) is 0 Å². The summed E-state index contributed by atoms with van der Waals surface area (Å²) in [7, 11) is 1.47. The second-order valence-corrected chi connectivity index (χ2v) is 10.7. The van der Waals surface area contributed by atoms with Gasteiger partial charge in [-0.25, -0.2) is 4.98 Å². The molecule has 12 heteroatoms. The number of nitrogens with zero attached hydrogens (tertiary/aromatic N) is 3. The number of para-hydroxylation sites is 1. The Kier molecular flexibility index (Phi) is 8.58. The third-order valence-electron chi connectivity index (χ3n) is 6.17. The molecule has 42 heavy (non-hydrogen) atoms. The van der Waals surface area contributed by atoms with Gasteiger partial charge < -0.3 is 9.47 Å². The molecule has 214 valence electrons. The minimum Gasteiger partial charge on any atom is -0.493 e. The highest BCUT2D eigenvalue weighted by atomic mass is 79.9. The maximum Gasteiger partial charge on any atom is 0.416 e. The first kappa shape index (κ1) is 29.6. The lowest BCUT2D eigenvalue weighted by Crippen LogP contribution is -2.20. The molecule has 0 atom stereocenters. The third kappa shape index (κ3) is 6.30. The average Bonchev–Trinajstić information content (AvgIpc) is 2.96. The summed E-state index contributed by atoms with van der Waals surface area (Å²) in [6, 6.07) is 19.5. The van der Waals surface area contributed by atoms with Gasteiger partial charge in [0.05, 0.1) is 29.8 Å². The number of fused-ring (bicyclic) bond motifs is 1. The molecule has 0 bridgehead atoms. The van der Waals surface area contributed by atoms with Crippen LogP contribution in [-0.4, -0.2) is 23.0 Å². The molecule has 5 aromatic rings. The van der Waals surface area contributed by atoms with Crippen LogP contribution >= 0.6 is 39.1 Å². The van der Waals surface area contributed by atoms with Gasteiger partial charge in [-0.1, -0.05) is 69.5 Å². The Morgan fingerprint density at radius 1 is 1.02 bits per heavy atom. The van der Waals surface area contributed by atoms with Crippen LogP contribution in [0.25, 0.3) is 22.3 Å². The van der Waals surface area contributed by atoms with Crippen LogP contribution in [0.1, 0.15) is 16.7 Å². The molecule has 0 fully saturated rings. The summed E-state index contributed by atoms with van der Waals surface area (Å²) in [6.07, 6.45) is -3.24. The van der Waals surface area contributed by atoms with E-state index in [0.717, 1.165) is 16.8 Å². The van der Waals surface area contributed by atoms with Crippen molar-refractivity contribution in [1.29, 1.82) is 0 Å². The fraction of sp³-hybridized carbons (Fsp3) is 0.100. The lowest BCUT2D eigenvalue weighted by molar-refractivity contribution is -0.137. The highest BCUT2D eigenvalue weighted by Gasteiger charge is 2.31. The molecule has 0 unspecified atom stereocenters. The van der Waals surface area contributed by atoms with Gasteiger partial charge in [-0.2, -0.15) is 22.9 Å². The second kappa shape index (κ2) is 12.2. The van der Waals surface area contributed by atoms with Gasteiger partial charge in [-0.15, -0.1) is 0 Å². The lowest BCUT2D eigenvalue weighted by Gasteiger charge is -2.15. The summed E-state index contributed by atoms with van der Waals surface area (Å²) in [6.45, 7) is 0.0573. The summed E-state index contributed by atoms with van der Waals surface area (Å²) < 4.78 is 53.7. The SMILES string of the molecule is COc1cc(Br)cc(C=Nn2c(-c3cccc(C(F)(F)F)c3)nc3ccccc3c2=O)c1OCc1ccc(Cl)cc1Cl. The van der Waals surface area contributed by atoms with Crippen molar-refractivity contribution >= 4 is 56.2 Å². The van der Waals surface area contributed by atoms with Crippen molar-refractivity contribution in [3.8, 4) is 22.9 Å². The zero-order chi connectivity index (χ0) is 30.0. The Labute approximate surface area is 256 Å². The molecule has 6 nitrogen and oxygen atoms in total. The zero-order valence-corrected chi connectivity index (χ0v) is 24.7. The summed E-state index contributed by atoms with van der Waals surface area (Å²) in [4.78, 5) is 18.1. The van der Waals surface area contributed by atoms with Crippen LogP contribution in [0.5, 0.6) is 11.5 Å². The molecule has 0 radical (unpaired) electrons. The fourth-order valence-electron chi connectivity index (χ4n) is 4.15. The van der Waals surface area contributed by atoms with Crippen LogP contribution in [0.15, 0.2) is 93.2 Å². The van der Waals surface area contributed by atoms with E-state index in [1.54, 1.807) is 54.6 Å². The van der Waals surface area contributed by atoms with Crippen molar-refractivity contribution < 1.29 is 22.6 Å². The quantitative estimate of drug-likeness (QED) is 0.162. The van der Waals surface area contributed by atoms with Crippen LogP contribution in [0.3, 0.4) is 0 Å². The van der Waals surface area contributed by atoms with E-state index in [4.69, 9.17) is 32.7 Å². The molecule has 1 aromatic heterocycles. The predicted molar refractivity (Wildman–Crippen MR) is 161 cm³/mol. The van der Waals surface area contributed by atoms with Crippen LogP contribution in [-0.2, 0) is 12.8 Å². The maximum atomic E-state index is 13.6. The molecule has 5 rings (SSSR count). The first-order valence-electron chi connectivity index (χ1n) is 12.2. The van der Waals surface area contributed by atoms with Crippen molar-refractivity contribution in [2.45, 2.75) is 12.8 Å². The molecule has 4 aromatic carbocycles. The summed E-state index contributed by atoms with van der Waals surface area (Å²) >= 11 is 15.7. The number of aromatic nitrogens is 2. The van der Waals surface area contributed by atoms with Crippen molar-refractivity contribution in [3.05, 3.63) is 120 Å². The Bertz CT molecular complexity index is 1890. The van der Waals surface area contributed by atoms with Crippen molar-refractivity contribution in [2.24, 2.45) is 5.10 Å². The van der Waals surface area contributed by atoms with E-state index < -0.39 is 17.3 Å². The van der Waals surface area contributed by atoms with Gasteiger partial charge in [0.2, 0.25) is 0 Å². The Balaban J connectivity index is 1.64. The number of methoxy groups -OCH3 is 1. The van der Waals surface area contributed by atoms with Crippen LogP contribution in [0, 0.1) is 0 Å². The fourth-order valence-corrected chi connectivity index (χ4v) is 5.07. The number of hydrogen-bond acceptors (Lipinski definition) is 5. The Morgan fingerprint density at radius 3 is 2.55 bits per heavy atom. The Hall–Kier alpha value is -3.86. The minimum atomic E-state index is -4.59. The number of benzene rings is 4. The Morgan fingerprint density at radius 2 is 1.81 bits per heavy atom. The highest BCUT2D eigenvalue weighted by Crippen LogP contribution is 2.36. The van der Waals surface area contributed by atoms with Gasteiger partial charge in [0, 0.05) is 31.2 Å². The van der Waals surface area contributed by atoms with Crippen LogP contribution in [0.4, 0.5) is 13.2 Å². The van der Waals surface area contributed by atoms with E-state index in [0.29, 0.717) is 36.9 Å². The van der Waals surface area contributed by atoms with Crippen molar-refractivity contribution in [1.82, 2.24) is 9.66 Å². The van der Waals surface area contributed by atoms with Crippen molar-refractivity contribution in [2.75, 3.05) is 7.11 Å². The monoisotopic (exact) mass is 675 g/mol. The predicted octanol–water partition coefficient (Wildman–Crippen LogP) is 8.62. The highest BCUT2D eigenvalue weighted by molar-refractivity contribution is 9.10. The standard InChI is InChI=1S/C30H19BrCl2F3N3O3/c1-41-26-13-21(31)12-19(27(26)42-16-18-9-10-22(32)14-24(18)33)15-37-39-28(17-5-4-6-20(11-17)30(34,35)36)38-25-8-3-2-7-23(25)29(39)40/h2-15H,16H2,1H3. The summed E-state index contributed by atoms with van der Waals surface area (Å²) in [5.74, 6) is 0.578. The molecule has 0 saturated carbocycles. The van der Waals surface area contributed by atoms with Crippen LogP contribution in [0.2, 0.25) is 10.0 Å². The molecule has 0 spiro atoms. The van der Waals surface area contributed by atoms with E-state index in [-0.39, 0.29) is 29.1 Å². The van der Waals surface area contributed by atoms with Crippen LogP contribution < -0.4 is 15.0 Å². The largest absolute Gasteiger partial charge is 0.493 e. The minimum absolute atomic E-state index is 0.0573. The van der Waals surface area contributed by atoms with Gasteiger partial charge in [0.1, 0.15) is 6.61 Å². The number of ether oxygens (including phenoxy) is 2. The van der Waals surface area contributed by atoms with Gasteiger partial charge in [0.15, 0.2) is 17.3 Å². The second-order valence-electron chi connectivity index (χ2n) is 8.94. The van der Waals surface area contributed by atoms with E-state index >= 15 is 0 Å². The average molecular weight is 677 g/mol. The summed E-state index contributed by atoms with van der Waals surface area (Å²) in [5.41, 5.74) is -0.00947. The smallest absolute Gasteiger partial charge is 0.416 e. The molecule has 1 heterocycles. The van der Waals surface area contributed by atoms with E-state index in [9.17, 15) is 18.0 Å². The molecule has 0 N–H and O–H groups in total. The first-order valence-corrected chi connectivity index (χ1v) is 13.8. The molecule has 0 saturated heterocycles. The van der Waals surface area contributed by atoms with Gasteiger partial charge in [0.25, 0.3) is 5.56 Å². The van der Waals surface area contributed by atoms with Gasteiger partial charge >= 0.3 is 6.18 Å². The zero-order valence-electron chi connectivity index (χ0n) is 21.6. The number of rotatable bonds is 7. The van der Waals surface area contributed by atoms with Gasteiger partial charge in [-0.05, 0) is 48.5 Å². The van der Waals surface area contributed by atoms with Gasteiger partial charge in [-0.3, -0.25) is 4.79 Å². The lowest BCUT2D eigenvalue weighted by atomic mass is 10.1. The molecule has 0 aliphatic carbocycles. The summed E-state index contributed by atoms with van der Waals surface area (Å²) in [5, 5.41) is 5.52. The first-order chi connectivity index (χ1) is 20.0. The molecular formula is C30H19BrCl2F3N3O3. The topological polar surface area (TPSA) is 65.7 Å². The number of alkyl halides is 3. The number of halogens is 6. The third-order valence-corrected chi connectivity index (χ3v) is 7.21.